The van der Waals surface area contributed by atoms with Crippen LogP contribution in [-0.4, -0.2) is 18.5 Å². The van der Waals surface area contributed by atoms with Crippen molar-refractivity contribution in [3.8, 4) is 0 Å². The summed E-state index contributed by atoms with van der Waals surface area (Å²) in [7, 11) is 1.94. The van der Waals surface area contributed by atoms with Crippen LogP contribution in [0.15, 0.2) is 24.3 Å². The molecular formula is C16H23FN2O. The van der Waals surface area contributed by atoms with E-state index in [9.17, 15) is 9.18 Å². The molecule has 0 heterocycles. The summed E-state index contributed by atoms with van der Waals surface area (Å²) in [5.74, 6) is -0.235. The van der Waals surface area contributed by atoms with E-state index < -0.39 is 0 Å². The smallest absolute Gasteiger partial charge is 0.222 e. The van der Waals surface area contributed by atoms with Gasteiger partial charge in [-0.3, -0.25) is 4.79 Å². The van der Waals surface area contributed by atoms with Crippen LogP contribution in [0.3, 0.4) is 0 Å². The monoisotopic (exact) mass is 278 g/mol. The van der Waals surface area contributed by atoms with E-state index in [1.165, 1.54) is 31.4 Å². The molecule has 3 nitrogen and oxygen atoms in total. The molecule has 2 N–H and O–H groups in total. The molecular weight excluding hydrogens is 255 g/mol. The third-order valence-electron chi connectivity index (χ3n) is 4.22. The third-order valence-corrected chi connectivity index (χ3v) is 4.22. The molecule has 1 aromatic carbocycles. The van der Waals surface area contributed by atoms with Gasteiger partial charge in [-0.1, -0.05) is 31.4 Å². The van der Waals surface area contributed by atoms with Crippen LogP contribution in [0.5, 0.6) is 0 Å². The molecule has 0 bridgehead atoms. The zero-order valence-corrected chi connectivity index (χ0v) is 12.0. The number of nitrogens with one attached hydrogen (secondary N) is 2. The van der Waals surface area contributed by atoms with E-state index in [2.05, 4.69) is 10.6 Å². The number of carbonyl (C=O) groups excluding carboxylic acids is 1. The quantitative estimate of drug-likeness (QED) is 0.869. The Morgan fingerprint density at radius 2 is 2.05 bits per heavy atom. The van der Waals surface area contributed by atoms with Gasteiger partial charge in [0.2, 0.25) is 5.91 Å². The van der Waals surface area contributed by atoms with Crippen LogP contribution in [0.1, 0.15) is 44.1 Å². The second-order valence-electron chi connectivity index (χ2n) is 5.67. The second kappa shape index (κ2) is 6.84. The molecule has 1 aliphatic carbocycles. The predicted octanol–water partition coefficient (Wildman–Crippen LogP) is 2.75. The molecule has 0 saturated heterocycles. The first-order chi connectivity index (χ1) is 9.63. The zero-order valence-electron chi connectivity index (χ0n) is 12.0. The summed E-state index contributed by atoms with van der Waals surface area (Å²) >= 11 is 0. The van der Waals surface area contributed by atoms with Crippen molar-refractivity contribution in [3.63, 3.8) is 0 Å². The van der Waals surface area contributed by atoms with Crippen LogP contribution >= 0.6 is 0 Å². The molecule has 0 aromatic heterocycles. The molecule has 0 spiro atoms. The Hall–Kier alpha value is -1.42. The molecule has 1 aliphatic rings. The fourth-order valence-electron chi connectivity index (χ4n) is 2.96. The highest BCUT2D eigenvalue weighted by Gasteiger charge is 2.32. The van der Waals surface area contributed by atoms with Crippen LogP contribution in [-0.2, 0) is 11.3 Å². The van der Waals surface area contributed by atoms with Crippen molar-refractivity contribution in [2.45, 2.75) is 50.6 Å². The lowest BCUT2D eigenvalue weighted by molar-refractivity contribution is -0.123. The Morgan fingerprint density at radius 3 is 2.70 bits per heavy atom. The molecule has 0 aliphatic heterocycles. The Morgan fingerprint density at radius 1 is 1.30 bits per heavy atom. The first kappa shape index (κ1) is 15.0. The molecule has 1 fully saturated rings. The number of halogens is 1. The van der Waals surface area contributed by atoms with E-state index >= 15 is 0 Å². The van der Waals surface area contributed by atoms with Gasteiger partial charge in [0, 0.05) is 18.5 Å². The van der Waals surface area contributed by atoms with Gasteiger partial charge in [0.1, 0.15) is 5.82 Å². The normalized spacial score (nSPS) is 17.7. The van der Waals surface area contributed by atoms with Gasteiger partial charge in [-0.05, 0) is 37.6 Å². The van der Waals surface area contributed by atoms with Gasteiger partial charge < -0.3 is 10.6 Å². The van der Waals surface area contributed by atoms with Crippen molar-refractivity contribution in [1.82, 2.24) is 10.6 Å². The maximum Gasteiger partial charge on any atom is 0.222 e. The van der Waals surface area contributed by atoms with Gasteiger partial charge >= 0.3 is 0 Å². The maximum absolute atomic E-state index is 13.1. The number of hydrogen-bond donors (Lipinski definition) is 2. The van der Waals surface area contributed by atoms with Gasteiger partial charge in [0.15, 0.2) is 0 Å². The average Bonchev–Trinajstić information content (AvgIpc) is 2.46. The van der Waals surface area contributed by atoms with Crippen LogP contribution < -0.4 is 10.6 Å². The summed E-state index contributed by atoms with van der Waals surface area (Å²) in [5, 5.41) is 6.22. The Balaban J connectivity index is 1.85. The van der Waals surface area contributed by atoms with E-state index in [1.54, 1.807) is 6.07 Å². The Labute approximate surface area is 120 Å². The molecule has 0 radical (unpaired) electrons. The lowest BCUT2D eigenvalue weighted by Gasteiger charge is -2.36. The van der Waals surface area contributed by atoms with Gasteiger partial charge in [0.05, 0.1) is 0 Å². The maximum atomic E-state index is 13.1. The molecule has 2 rings (SSSR count). The lowest BCUT2D eigenvalue weighted by Crippen LogP contribution is -2.48. The van der Waals surface area contributed by atoms with Gasteiger partial charge in [-0.2, -0.15) is 0 Å². The fraction of sp³-hybridized carbons (Fsp3) is 0.562. The Bertz CT molecular complexity index is 456. The highest BCUT2D eigenvalue weighted by atomic mass is 19.1. The molecule has 1 saturated carbocycles. The SMILES string of the molecule is CNC1(CC(=O)NCc2cccc(F)c2)CCCCC1. The summed E-state index contributed by atoms with van der Waals surface area (Å²) in [6.07, 6.45) is 6.22. The van der Waals surface area contributed by atoms with E-state index in [-0.39, 0.29) is 17.3 Å². The third kappa shape index (κ3) is 4.04. The largest absolute Gasteiger partial charge is 0.352 e. The predicted molar refractivity (Wildman–Crippen MR) is 77.7 cm³/mol. The molecule has 20 heavy (non-hydrogen) atoms. The molecule has 0 unspecified atom stereocenters. The van der Waals surface area contributed by atoms with Crippen molar-refractivity contribution in [3.05, 3.63) is 35.6 Å². The highest BCUT2D eigenvalue weighted by Crippen LogP contribution is 2.30. The molecule has 0 atom stereocenters. The van der Waals surface area contributed by atoms with Gasteiger partial charge in [0.25, 0.3) is 0 Å². The van der Waals surface area contributed by atoms with Crippen molar-refractivity contribution in [2.24, 2.45) is 0 Å². The Kier molecular flexibility index (Phi) is 5.12. The number of benzene rings is 1. The minimum Gasteiger partial charge on any atom is -0.352 e. The topological polar surface area (TPSA) is 41.1 Å². The van der Waals surface area contributed by atoms with E-state index in [0.29, 0.717) is 13.0 Å². The summed E-state index contributed by atoms with van der Waals surface area (Å²) in [4.78, 5) is 12.1. The minimum absolute atomic E-state index is 0.0329. The number of carbonyl (C=O) groups is 1. The first-order valence-electron chi connectivity index (χ1n) is 7.34. The van der Waals surface area contributed by atoms with E-state index in [4.69, 9.17) is 0 Å². The number of amides is 1. The van der Waals surface area contributed by atoms with Crippen LogP contribution in [0.4, 0.5) is 4.39 Å². The first-order valence-corrected chi connectivity index (χ1v) is 7.34. The second-order valence-corrected chi connectivity index (χ2v) is 5.67. The van der Waals surface area contributed by atoms with Crippen LogP contribution in [0.25, 0.3) is 0 Å². The van der Waals surface area contributed by atoms with Crippen molar-refractivity contribution < 1.29 is 9.18 Å². The number of hydrogen-bond acceptors (Lipinski definition) is 2. The summed E-state index contributed by atoms with van der Waals surface area (Å²) in [5.41, 5.74) is 0.741. The van der Waals surface area contributed by atoms with Crippen LogP contribution in [0, 0.1) is 5.82 Å². The molecule has 1 amide bonds. The summed E-state index contributed by atoms with van der Waals surface area (Å²) < 4.78 is 13.1. The van der Waals surface area contributed by atoms with E-state index in [0.717, 1.165) is 18.4 Å². The molecule has 110 valence electrons. The van der Waals surface area contributed by atoms with Crippen LogP contribution in [0.2, 0.25) is 0 Å². The summed E-state index contributed by atoms with van der Waals surface area (Å²) in [6, 6.07) is 6.34. The molecule has 4 heteroatoms. The van der Waals surface area contributed by atoms with Gasteiger partial charge in [-0.15, -0.1) is 0 Å². The molecule has 1 aromatic rings. The van der Waals surface area contributed by atoms with Crippen molar-refractivity contribution >= 4 is 5.91 Å². The zero-order chi connectivity index (χ0) is 14.4. The number of rotatable bonds is 5. The average molecular weight is 278 g/mol. The van der Waals surface area contributed by atoms with Crippen molar-refractivity contribution in [2.75, 3.05) is 7.05 Å². The van der Waals surface area contributed by atoms with E-state index in [1.807, 2.05) is 13.1 Å². The summed E-state index contributed by atoms with van der Waals surface area (Å²) in [6.45, 7) is 0.385. The minimum atomic E-state index is -0.268. The fourth-order valence-corrected chi connectivity index (χ4v) is 2.96. The highest BCUT2D eigenvalue weighted by molar-refractivity contribution is 5.77. The van der Waals surface area contributed by atoms with Gasteiger partial charge in [-0.25, -0.2) is 4.39 Å². The van der Waals surface area contributed by atoms with Crippen molar-refractivity contribution in [1.29, 1.82) is 0 Å². The standard InChI is InChI=1S/C16H23FN2O/c1-18-16(8-3-2-4-9-16)11-15(20)19-12-13-6-5-7-14(17)10-13/h5-7,10,18H,2-4,8-9,11-12H2,1H3,(H,19,20). The lowest BCUT2D eigenvalue weighted by atomic mass is 9.79.